The highest BCUT2D eigenvalue weighted by Gasteiger charge is 2.17. The Morgan fingerprint density at radius 1 is 1.08 bits per heavy atom. The van der Waals surface area contributed by atoms with Crippen LogP contribution in [-0.2, 0) is 0 Å². The van der Waals surface area contributed by atoms with Gasteiger partial charge in [-0.05, 0) is 49.4 Å². The Morgan fingerprint density at radius 3 is 2.46 bits per heavy atom. The number of rotatable bonds is 6. The summed E-state index contributed by atoms with van der Waals surface area (Å²) in [4.78, 5) is 23.1. The highest BCUT2D eigenvalue weighted by molar-refractivity contribution is 6.04. The fourth-order valence-electron chi connectivity index (χ4n) is 2.53. The van der Waals surface area contributed by atoms with Crippen LogP contribution in [0.4, 0.5) is 17.3 Å². The molecule has 0 radical (unpaired) electrons. The molecule has 6 heteroatoms. The minimum absolute atomic E-state index is 0.168. The van der Waals surface area contributed by atoms with Crippen molar-refractivity contribution in [1.82, 2.24) is 9.97 Å². The number of hydrogen-bond donors (Lipinski definition) is 1. The van der Waals surface area contributed by atoms with E-state index >= 15 is 0 Å². The van der Waals surface area contributed by atoms with Crippen LogP contribution in [0.3, 0.4) is 0 Å². The van der Waals surface area contributed by atoms with Gasteiger partial charge in [-0.25, -0.2) is 9.97 Å². The fourth-order valence-corrected chi connectivity index (χ4v) is 2.53. The van der Waals surface area contributed by atoms with Gasteiger partial charge in [0.2, 0.25) is 5.95 Å². The highest BCUT2D eigenvalue weighted by Crippen LogP contribution is 2.19. The number of nitrogens with zero attached hydrogens (tertiary/aromatic N) is 3. The first-order valence-electron chi connectivity index (χ1n) is 8.32. The molecule has 0 unspecified atom stereocenters. The molecule has 1 aromatic heterocycles. The molecule has 3 rings (SSSR count). The van der Waals surface area contributed by atoms with E-state index in [4.69, 9.17) is 4.74 Å². The number of benzene rings is 2. The molecule has 0 saturated carbocycles. The lowest BCUT2D eigenvalue weighted by atomic mass is 10.2. The Hall–Kier alpha value is -3.41. The predicted octanol–water partition coefficient (Wildman–Crippen LogP) is 3.90. The summed E-state index contributed by atoms with van der Waals surface area (Å²) in [7, 11) is 1.62. The minimum atomic E-state index is -0.168. The minimum Gasteiger partial charge on any atom is -0.497 e. The molecule has 2 aromatic carbocycles. The Morgan fingerprint density at radius 2 is 1.81 bits per heavy atom. The van der Waals surface area contributed by atoms with Crippen LogP contribution < -0.4 is 15.0 Å². The second-order valence-electron chi connectivity index (χ2n) is 5.50. The van der Waals surface area contributed by atoms with Gasteiger partial charge in [0.25, 0.3) is 5.91 Å². The van der Waals surface area contributed by atoms with Crippen LogP contribution >= 0.6 is 0 Å². The number of aromatic nitrogens is 2. The lowest BCUT2D eigenvalue weighted by molar-refractivity contribution is 0.0983. The topological polar surface area (TPSA) is 67.4 Å². The lowest BCUT2D eigenvalue weighted by Crippen LogP contribution is -2.31. The smallest absolute Gasteiger partial charge is 0.277 e. The molecule has 1 heterocycles. The van der Waals surface area contributed by atoms with Gasteiger partial charge in [0.05, 0.1) is 7.11 Å². The van der Waals surface area contributed by atoms with Crippen LogP contribution in [0.25, 0.3) is 0 Å². The molecule has 132 valence electrons. The van der Waals surface area contributed by atoms with Gasteiger partial charge in [0.1, 0.15) is 11.4 Å². The van der Waals surface area contributed by atoms with E-state index in [1.165, 1.54) is 0 Å². The first-order valence-corrected chi connectivity index (χ1v) is 8.32. The quantitative estimate of drug-likeness (QED) is 0.732. The van der Waals surface area contributed by atoms with Crippen LogP contribution in [0.5, 0.6) is 5.75 Å². The van der Waals surface area contributed by atoms with Crippen LogP contribution in [-0.4, -0.2) is 29.5 Å². The van der Waals surface area contributed by atoms with Gasteiger partial charge in [-0.3, -0.25) is 4.79 Å². The zero-order valence-electron chi connectivity index (χ0n) is 14.7. The van der Waals surface area contributed by atoms with Gasteiger partial charge >= 0.3 is 0 Å². The van der Waals surface area contributed by atoms with E-state index in [2.05, 4.69) is 15.3 Å². The summed E-state index contributed by atoms with van der Waals surface area (Å²) >= 11 is 0. The fraction of sp³-hybridized carbons (Fsp3) is 0.150. The number of carbonyl (C=O) groups is 1. The molecular formula is C20H20N4O2. The molecule has 0 fully saturated rings. The third-order valence-electron chi connectivity index (χ3n) is 3.85. The Balaban J connectivity index is 1.80. The summed E-state index contributed by atoms with van der Waals surface area (Å²) in [6, 6.07) is 18.5. The molecule has 0 spiro atoms. The van der Waals surface area contributed by atoms with Gasteiger partial charge in [0, 0.05) is 24.1 Å². The Kier molecular flexibility index (Phi) is 5.43. The van der Waals surface area contributed by atoms with Crippen molar-refractivity contribution in [3.8, 4) is 5.75 Å². The van der Waals surface area contributed by atoms with Gasteiger partial charge < -0.3 is 15.0 Å². The van der Waals surface area contributed by atoms with E-state index in [1.807, 2.05) is 61.5 Å². The number of anilines is 3. The summed E-state index contributed by atoms with van der Waals surface area (Å²) in [6.07, 6.45) is 1.57. The van der Waals surface area contributed by atoms with Gasteiger partial charge in [-0.15, -0.1) is 0 Å². The molecule has 0 aliphatic heterocycles. The molecular weight excluding hydrogens is 328 g/mol. The number of carbonyl (C=O) groups excluding carboxylic acids is 1. The molecule has 26 heavy (non-hydrogen) atoms. The number of amides is 1. The van der Waals surface area contributed by atoms with Crippen molar-refractivity contribution in [2.45, 2.75) is 6.92 Å². The largest absolute Gasteiger partial charge is 0.497 e. The third kappa shape index (κ3) is 3.97. The number of para-hydroxylation sites is 1. The van der Waals surface area contributed by atoms with E-state index in [1.54, 1.807) is 24.3 Å². The maximum absolute atomic E-state index is 12.9. The van der Waals surface area contributed by atoms with Crippen molar-refractivity contribution < 1.29 is 9.53 Å². The van der Waals surface area contributed by atoms with Gasteiger partial charge in [0.15, 0.2) is 0 Å². The molecule has 0 saturated heterocycles. The number of methoxy groups -OCH3 is 1. The number of ether oxygens (including phenoxy) is 1. The van der Waals surface area contributed by atoms with Crippen molar-refractivity contribution in [2.75, 3.05) is 23.9 Å². The van der Waals surface area contributed by atoms with Gasteiger partial charge in [-0.2, -0.15) is 0 Å². The zero-order valence-corrected chi connectivity index (χ0v) is 14.7. The Bertz CT molecular complexity index is 866. The van der Waals surface area contributed by atoms with Gasteiger partial charge in [-0.1, -0.05) is 18.2 Å². The van der Waals surface area contributed by atoms with Crippen LogP contribution in [0.1, 0.15) is 17.4 Å². The highest BCUT2D eigenvalue weighted by atomic mass is 16.5. The molecule has 1 N–H and O–H groups in total. The molecule has 1 amide bonds. The molecule has 6 nitrogen and oxygen atoms in total. The second-order valence-corrected chi connectivity index (χ2v) is 5.50. The van der Waals surface area contributed by atoms with E-state index in [9.17, 15) is 4.79 Å². The third-order valence-corrected chi connectivity index (χ3v) is 3.85. The summed E-state index contributed by atoms with van der Waals surface area (Å²) in [5.74, 6) is 0.964. The van der Waals surface area contributed by atoms with Crippen molar-refractivity contribution >= 4 is 23.2 Å². The maximum Gasteiger partial charge on any atom is 0.277 e. The SMILES string of the molecule is CCN(C(=O)c1ccnc(Nc2ccc(OC)cc2)n1)c1ccccc1. The average molecular weight is 348 g/mol. The second kappa shape index (κ2) is 8.11. The van der Waals surface area contributed by atoms with Crippen LogP contribution in [0, 0.1) is 0 Å². The molecule has 0 aliphatic rings. The maximum atomic E-state index is 12.9. The molecule has 0 atom stereocenters. The first kappa shape index (κ1) is 17.4. The Labute approximate surface area is 152 Å². The summed E-state index contributed by atoms with van der Waals surface area (Å²) < 4.78 is 5.14. The summed E-state index contributed by atoms with van der Waals surface area (Å²) in [5, 5.41) is 3.10. The summed E-state index contributed by atoms with van der Waals surface area (Å²) in [6.45, 7) is 2.48. The predicted molar refractivity (Wildman–Crippen MR) is 102 cm³/mol. The molecule has 0 bridgehead atoms. The van der Waals surface area contributed by atoms with E-state index in [-0.39, 0.29) is 5.91 Å². The van der Waals surface area contributed by atoms with Crippen molar-refractivity contribution in [1.29, 1.82) is 0 Å². The van der Waals surface area contributed by atoms with E-state index in [0.717, 1.165) is 17.1 Å². The number of nitrogens with one attached hydrogen (secondary N) is 1. The van der Waals surface area contributed by atoms with Crippen LogP contribution in [0.15, 0.2) is 66.9 Å². The van der Waals surface area contributed by atoms with E-state index < -0.39 is 0 Å². The van der Waals surface area contributed by atoms with Crippen molar-refractivity contribution in [3.63, 3.8) is 0 Å². The van der Waals surface area contributed by atoms with E-state index in [0.29, 0.717) is 18.2 Å². The van der Waals surface area contributed by atoms with Crippen molar-refractivity contribution in [2.24, 2.45) is 0 Å². The van der Waals surface area contributed by atoms with Crippen molar-refractivity contribution in [3.05, 3.63) is 72.6 Å². The lowest BCUT2D eigenvalue weighted by Gasteiger charge is -2.20. The zero-order chi connectivity index (χ0) is 18.4. The standard InChI is InChI=1S/C20H20N4O2/c1-3-24(16-7-5-4-6-8-16)19(25)18-13-14-21-20(23-18)22-15-9-11-17(26-2)12-10-15/h4-14H,3H2,1-2H3,(H,21,22,23). The first-order chi connectivity index (χ1) is 12.7. The monoisotopic (exact) mass is 348 g/mol. The molecule has 0 aliphatic carbocycles. The average Bonchev–Trinajstić information content (AvgIpc) is 2.70. The number of hydrogen-bond acceptors (Lipinski definition) is 5. The summed E-state index contributed by atoms with van der Waals surface area (Å²) in [5.41, 5.74) is 1.98. The molecule has 3 aromatic rings. The normalized spacial score (nSPS) is 10.2. The van der Waals surface area contributed by atoms with Crippen LogP contribution in [0.2, 0.25) is 0 Å².